The first kappa shape index (κ1) is 35.4. The second-order valence-electron chi connectivity index (χ2n) is 13.8. The molecule has 1 aromatic carbocycles. The molecule has 4 rings (SSSR count). The Labute approximate surface area is 273 Å². The van der Waals surface area contributed by atoms with E-state index in [1.807, 2.05) is 65.0 Å². The van der Waals surface area contributed by atoms with E-state index in [0.717, 1.165) is 5.56 Å². The molecule has 3 fully saturated rings. The summed E-state index contributed by atoms with van der Waals surface area (Å²) in [5, 5.41) is 13.7. The summed E-state index contributed by atoms with van der Waals surface area (Å²) in [5.74, 6) is -3.29. The van der Waals surface area contributed by atoms with E-state index in [4.69, 9.17) is 9.47 Å². The number of carbonyl (C=O) groups excluding carboxylic acids is 4. The van der Waals surface area contributed by atoms with Gasteiger partial charge in [-0.1, -0.05) is 62.8 Å². The number of amides is 3. The van der Waals surface area contributed by atoms with E-state index in [2.05, 4.69) is 18.5 Å². The fraction of sp³-hybridized carbons (Fsp3) is 0.611. The van der Waals surface area contributed by atoms with Gasteiger partial charge >= 0.3 is 5.97 Å². The Morgan fingerprint density at radius 1 is 1.22 bits per heavy atom. The molecule has 0 radical (unpaired) electrons. The molecule has 46 heavy (non-hydrogen) atoms. The third-order valence-corrected chi connectivity index (χ3v) is 9.99. The van der Waals surface area contributed by atoms with Crippen molar-refractivity contribution < 1.29 is 33.8 Å². The molecule has 3 amide bonds. The lowest BCUT2D eigenvalue weighted by molar-refractivity contribution is -0.155. The van der Waals surface area contributed by atoms with Gasteiger partial charge in [0.05, 0.1) is 36.6 Å². The molecular formula is C36H51N3O7. The highest BCUT2D eigenvalue weighted by Gasteiger charge is 2.75. The number of ether oxygens (including phenoxy) is 2. The molecular weight excluding hydrogens is 586 g/mol. The number of esters is 1. The highest BCUT2D eigenvalue weighted by molar-refractivity contribution is 5.99. The Kier molecular flexibility index (Phi) is 11.2. The van der Waals surface area contributed by atoms with Crippen LogP contribution in [-0.2, 0) is 28.7 Å². The Hall–Kier alpha value is -3.50. The van der Waals surface area contributed by atoms with Crippen LogP contribution in [0, 0.1) is 17.8 Å². The zero-order valence-corrected chi connectivity index (χ0v) is 27.9. The first-order valence-corrected chi connectivity index (χ1v) is 16.5. The van der Waals surface area contributed by atoms with Gasteiger partial charge in [-0.3, -0.25) is 19.2 Å². The summed E-state index contributed by atoms with van der Waals surface area (Å²) >= 11 is 0. The van der Waals surface area contributed by atoms with Gasteiger partial charge in [-0.15, -0.1) is 13.2 Å². The van der Waals surface area contributed by atoms with Crippen molar-refractivity contribution >= 4 is 23.7 Å². The molecule has 0 unspecified atom stereocenters. The minimum absolute atomic E-state index is 0.0797. The summed E-state index contributed by atoms with van der Waals surface area (Å²) in [4.78, 5) is 59.1. The molecule has 2 bridgehead atoms. The standard InChI is InChI=1S/C36H51N3O7/c1-8-11-17-28(41)45-22-25(24-15-13-12-14-16-24)37-32(42)29-27-18-19-36(46-27)30(29)33(43)39(26(21-40)23(4)10-3)31(36)34(44)38(20-9-2)35(5,6)7/h8-9,12-16,23,25-27,29-31,40H,1-2,10-11,17-22H2,3-7H3,(H,37,42)/t23-,25+,26-,27-,29+,30+,31-,36+/m0/s1. The molecule has 0 aliphatic carbocycles. The first-order chi connectivity index (χ1) is 21.9. The van der Waals surface area contributed by atoms with Crippen LogP contribution in [-0.4, -0.2) is 87.7 Å². The topological polar surface area (TPSA) is 125 Å². The van der Waals surface area contributed by atoms with E-state index in [-0.39, 0.29) is 43.9 Å². The molecule has 1 aromatic rings. The number of hydrogen-bond acceptors (Lipinski definition) is 7. The largest absolute Gasteiger partial charge is 0.463 e. The molecule has 252 valence electrons. The van der Waals surface area contributed by atoms with Gasteiger partial charge < -0.3 is 29.7 Å². The lowest BCUT2D eigenvalue weighted by atomic mass is 9.70. The summed E-state index contributed by atoms with van der Waals surface area (Å²) in [6.45, 7) is 17.1. The lowest BCUT2D eigenvalue weighted by Crippen LogP contribution is -2.62. The second-order valence-corrected chi connectivity index (χ2v) is 13.8. The molecule has 3 heterocycles. The normalized spacial score (nSPS) is 27.0. The maximum Gasteiger partial charge on any atom is 0.306 e. The summed E-state index contributed by atoms with van der Waals surface area (Å²) in [7, 11) is 0. The highest BCUT2D eigenvalue weighted by atomic mass is 16.5. The van der Waals surface area contributed by atoms with Crippen LogP contribution in [0.3, 0.4) is 0 Å². The van der Waals surface area contributed by atoms with Crippen molar-refractivity contribution in [2.45, 2.75) is 102 Å². The predicted molar refractivity (Wildman–Crippen MR) is 174 cm³/mol. The van der Waals surface area contributed by atoms with Gasteiger partial charge in [0.1, 0.15) is 18.2 Å². The number of allylic oxidation sites excluding steroid dienone is 1. The van der Waals surface area contributed by atoms with Gasteiger partial charge in [-0.2, -0.15) is 0 Å². The number of carbonyl (C=O) groups is 4. The third-order valence-electron chi connectivity index (χ3n) is 9.99. The predicted octanol–water partition coefficient (Wildman–Crippen LogP) is 3.95. The van der Waals surface area contributed by atoms with Crippen LogP contribution in [0.15, 0.2) is 55.6 Å². The van der Waals surface area contributed by atoms with Crippen molar-refractivity contribution in [2.24, 2.45) is 17.8 Å². The van der Waals surface area contributed by atoms with Crippen molar-refractivity contribution in [1.29, 1.82) is 0 Å². The molecule has 8 atom stereocenters. The smallest absolute Gasteiger partial charge is 0.306 e. The number of rotatable bonds is 15. The maximum atomic E-state index is 14.6. The molecule has 3 aliphatic heterocycles. The number of aliphatic hydroxyl groups excluding tert-OH is 1. The summed E-state index contributed by atoms with van der Waals surface area (Å²) in [5.41, 5.74) is -1.05. The minimum Gasteiger partial charge on any atom is -0.463 e. The van der Waals surface area contributed by atoms with E-state index in [0.29, 0.717) is 25.7 Å². The van der Waals surface area contributed by atoms with Crippen LogP contribution in [0.4, 0.5) is 0 Å². The fourth-order valence-electron chi connectivity index (χ4n) is 7.46. The van der Waals surface area contributed by atoms with Crippen LogP contribution in [0.5, 0.6) is 0 Å². The Morgan fingerprint density at radius 3 is 2.50 bits per heavy atom. The van der Waals surface area contributed by atoms with Gasteiger partial charge in [0.2, 0.25) is 17.7 Å². The van der Waals surface area contributed by atoms with Crippen LogP contribution >= 0.6 is 0 Å². The van der Waals surface area contributed by atoms with E-state index < -0.39 is 59.1 Å². The Bertz CT molecular complexity index is 1290. The Morgan fingerprint density at radius 2 is 1.91 bits per heavy atom. The Balaban J connectivity index is 1.71. The lowest BCUT2D eigenvalue weighted by Gasteiger charge is -2.44. The van der Waals surface area contributed by atoms with Crippen LogP contribution < -0.4 is 5.32 Å². The molecule has 3 saturated heterocycles. The molecule has 0 saturated carbocycles. The molecule has 10 heteroatoms. The van der Waals surface area contributed by atoms with Gasteiger partial charge in [0, 0.05) is 18.5 Å². The zero-order valence-electron chi connectivity index (χ0n) is 27.9. The zero-order chi connectivity index (χ0) is 33.8. The number of aliphatic hydroxyl groups is 1. The van der Waals surface area contributed by atoms with Gasteiger partial charge in [-0.05, 0) is 51.5 Å². The molecule has 3 aliphatic rings. The average Bonchev–Trinajstić information content (AvgIpc) is 3.68. The van der Waals surface area contributed by atoms with Crippen molar-refractivity contribution in [1.82, 2.24) is 15.1 Å². The summed E-state index contributed by atoms with van der Waals surface area (Å²) < 4.78 is 12.2. The van der Waals surface area contributed by atoms with Crippen LogP contribution in [0.25, 0.3) is 0 Å². The average molecular weight is 638 g/mol. The van der Waals surface area contributed by atoms with Crippen LogP contribution in [0.1, 0.15) is 78.3 Å². The monoisotopic (exact) mass is 637 g/mol. The van der Waals surface area contributed by atoms with Gasteiger partial charge in [-0.25, -0.2) is 0 Å². The van der Waals surface area contributed by atoms with Crippen molar-refractivity contribution in [3.8, 4) is 0 Å². The van der Waals surface area contributed by atoms with Crippen LogP contribution in [0.2, 0.25) is 0 Å². The SMILES string of the molecule is C=CCCC(=O)OC[C@@H](NC(=O)[C@@H]1[C@@H]2CC[C@]3(O2)[C@H](C(=O)N(CC=C)C(C)(C)C)N([C@@H](CO)[C@@H](C)CC)C(=O)[C@@H]13)c1ccccc1. The van der Waals surface area contributed by atoms with E-state index >= 15 is 0 Å². The quantitative estimate of drug-likeness (QED) is 0.220. The fourth-order valence-corrected chi connectivity index (χ4v) is 7.46. The van der Waals surface area contributed by atoms with Gasteiger partial charge in [0.25, 0.3) is 0 Å². The van der Waals surface area contributed by atoms with E-state index in [9.17, 15) is 24.3 Å². The number of nitrogens with zero attached hydrogens (tertiary/aromatic N) is 2. The molecule has 0 aromatic heterocycles. The molecule has 1 spiro atoms. The maximum absolute atomic E-state index is 14.6. The summed E-state index contributed by atoms with van der Waals surface area (Å²) in [6, 6.07) is 6.93. The number of hydrogen-bond donors (Lipinski definition) is 2. The summed E-state index contributed by atoms with van der Waals surface area (Å²) in [6.07, 6.45) is 5.04. The van der Waals surface area contributed by atoms with Crippen molar-refractivity contribution in [3.05, 3.63) is 61.2 Å². The number of likely N-dealkylation sites (tertiary alicyclic amines) is 1. The van der Waals surface area contributed by atoms with Crippen molar-refractivity contribution in [2.75, 3.05) is 19.8 Å². The highest BCUT2D eigenvalue weighted by Crippen LogP contribution is 2.59. The second kappa shape index (κ2) is 14.5. The van der Waals surface area contributed by atoms with Crippen molar-refractivity contribution in [3.63, 3.8) is 0 Å². The van der Waals surface area contributed by atoms with Gasteiger partial charge in [0.15, 0.2) is 0 Å². The van der Waals surface area contributed by atoms with E-state index in [1.165, 1.54) is 0 Å². The third kappa shape index (κ3) is 6.65. The molecule has 10 nitrogen and oxygen atoms in total. The minimum atomic E-state index is -1.22. The number of fused-ring (bicyclic) bond motifs is 1. The number of benzene rings is 1. The number of nitrogens with one attached hydrogen (secondary N) is 1. The van der Waals surface area contributed by atoms with E-state index in [1.54, 1.807) is 22.0 Å². The molecule has 2 N–H and O–H groups in total. The first-order valence-electron chi connectivity index (χ1n) is 16.5.